The van der Waals surface area contributed by atoms with Gasteiger partial charge in [-0.1, -0.05) is 12.1 Å². The number of nitrogens with two attached hydrogens (primary N) is 1. The van der Waals surface area contributed by atoms with Crippen LogP contribution in [0.4, 0.5) is 5.69 Å². The summed E-state index contributed by atoms with van der Waals surface area (Å²) in [5, 5.41) is 49.4. The molecular weight excluding hydrogens is 280 g/mol. The first-order chi connectivity index (χ1) is 9.88. The van der Waals surface area contributed by atoms with Crippen LogP contribution in [0.5, 0.6) is 0 Å². The van der Waals surface area contributed by atoms with Gasteiger partial charge in [0, 0.05) is 12.2 Å². The summed E-state index contributed by atoms with van der Waals surface area (Å²) in [5.41, 5.74) is 5.78. The van der Waals surface area contributed by atoms with Crippen LogP contribution in [-0.2, 0) is 0 Å². The van der Waals surface area contributed by atoms with Crippen molar-refractivity contribution >= 4 is 11.6 Å². The molecule has 8 heteroatoms. The van der Waals surface area contributed by atoms with Crippen LogP contribution < -0.4 is 11.1 Å². The summed E-state index contributed by atoms with van der Waals surface area (Å²) in [6, 6.07) is 6.34. The van der Waals surface area contributed by atoms with Crippen LogP contribution >= 0.6 is 0 Å². The number of hydrogen-bond acceptors (Lipinski definition) is 7. The van der Waals surface area contributed by atoms with Crippen molar-refractivity contribution in [2.24, 2.45) is 5.73 Å². The van der Waals surface area contributed by atoms with E-state index in [0.29, 0.717) is 5.69 Å². The van der Waals surface area contributed by atoms with E-state index in [9.17, 15) is 25.2 Å². The molecule has 0 saturated carbocycles. The van der Waals surface area contributed by atoms with Crippen LogP contribution in [0, 0.1) is 0 Å². The summed E-state index contributed by atoms with van der Waals surface area (Å²) in [4.78, 5) is 11.2. The maximum Gasteiger partial charge on any atom is 0.250 e. The Morgan fingerprint density at radius 3 is 2.24 bits per heavy atom. The van der Waals surface area contributed by atoms with E-state index in [2.05, 4.69) is 5.32 Å². The van der Waals surface area contributed by atoms with E-state index < -0.39 is 36.9 Å². The van der Waals surface area contributed by atoms with Crippen molar-refractivity contribution in [1.82, 2.24) is 0 Å². The molecule has 0 spiro atoms. The Bertz CT molecular complexity index is 470. The van der Waals surface area contributed by atoms with E-state index in [0.717, 1.165) is 0 Å². The largest absolute Gasteiger partial charge is 0.394 e. The number of primary amides is 1. The fourth-order valence-electron chi connectivity index (χ4n) is 1.75. The summed E-state index contributed by atoms with van der Waals surface area (Å²) >= 11 is 0. The number of aliphatic hydroxyl groups is 5. The van der Waals surface area contributed by atoms with Crippen LogP contribution in [0.25, 0.3) is 0 Å². The summed E-state index contributed by atoms with van der Waals surface area (Å²) in [7, 11) is 0. The van der Waals surface area contributed by atoms with Gasteiger partial charge in [0.15, 0.2) is 0 Å². The number of amides is 1. The summed E-state index contributed by atoms with van der Waals surface area (Å²) in [6.45, 7) is -0.941. The number of nitrogens with one attached hydrogen (secondary N) is 1. The lowest BCUT2D eigenvalue weighted by atomic mass is 10.0. The quantitative estimate of drug-likeness (QED) is 0.283. The molecule has 8 N–H and O–H groups in total. The van der Waals surface area contributed by atoms with Gasteiger partial charge in [-0.2, -0.15) is 0 Å². The van der Waals surface area contributed by atoms with Gasteiger partial charge >= 0.3 is 0 Å². The van der Waals surface area contributed by atoms with Crippen molar-refractivity contribution in [2.45, 2.75) is 24.4 Å². The number of carbonyl (C=O) groups is 1. The minimum absolute atomic E-state index is 0.194. The van der Waals surface area contributed by atoms with Gasteiger partial charge < -0.3 is 36.6 Å². The Morgan fingerprint density at radius 1 is 1.10 bits per heavy atom. The zero-order valence-electron chi connectivity index (χ0n) is 11.3. The molecular formula is C13H20N2O6. The van der Waals surface area contributed by atoms with Gasteiger partial charge in [0.2, 0.25) is 0 Å². The van der Waals surface area contributed by atoms with Crippen molar-refractivity contribution in [2.75, 3.05) is 18.5 Å². The summed E-state index contributed by atoms with van der Waals surface area (Å²) < 4.78 is 0. The Kier molecular flexibility index (Phi) is 6.53. The Balaban J connectivity index is 2.65. The molecule has 21 heavy (non-hydrogen) atoms. The molecule has 8 nitrogen and oxygen atoms in total. The highest BCUT2D eigenvalue weighted by Gasteiger charge is 2.29. The molecule has 0 unspecified atom stereocenters. The second-order valence-electron chi connectivity index (χ2n) is 4.59. The van der Waals surface area contributed by atoms with Gasteiger partial charge in [-0.25, -0.2) is 0 Å². The first-order valence-corrected chi connectivity index (χ1v) is 6.34. The third-order valence-corrected chi connectivity index (χ3v) is 3.02. The number of hydrogen-bond donors (Lipinski definition) is 7. The fraction of sp³-hybridized carbons (Fsp3) is 0.462. The lowest BCUT2D eigenvalue weighted by molar-refractivity contribution is -0.111. The van der Waals surface area contributed by atoms with Gasteiger partial charge in [0.25, 0.3) is 5.91 Å². The fourth-order valence-corrected chi connectivity index (χ4v) is 1.75. The summed E-state index contributed by atoms with van der Waals surface area (Å²) in [6.07, 6.45) is -6.35. The number of benzene rings is 1. The van der Waals surface area contributed by atoms with Crippen molar-refractivity contribution in [1.29, 1.82) is 0 Å². The van der Waals surface area contributed by atoms with Gasteiger partial charge in [0.05, 0.1) is 18.3 Å². The van der Waals surface area contributed by atoms with Crippen LogP contribution in [-0.4, -0.2) is 69.0 Å². The number of para-hydroxylation sites is 1. The number of anilines is 1. The normalized spacial score (nSPS) is 16.8. The Labute approximate surface area is 121 Å². The zero-order valence-corrected chi connectivity index (χ0v) is 11.3. The van der Waals surface area contributed by atoms with Gasteiger partial charge in [0.1, 0.15) is 18.3 Å². The Morgan fingerprint density at radius 2 is 1.67 bits per heavy atom. The summed E-state index contributed by atoms with van der Waals surface area (Å²) in [5.74, 6) is -0.649. The Hall–Kier alpha value is -1.71. The standard InChI is InChI=1S/C13H20N2O6/c14-13(21)7-3-1-2-4-8(7)15-5-9(17)11(19)12(20)10(18)6-16/h1-4,9-12,15-20H,5-6H2,(H2,14,21)/t9-,10+,11+,12+/m0/s1. The smallest absolute Gasteiger partial charge is 0.250 e. The van der Waals surface area contributed by atoms with E-state index in [1.807, 2.05) is 0 Å². The van der Waals surface area contributed by atoms with E-state index >= 15 is 0 Å². The van der Waals surface area contributed by atoms with Crippen LogP contribution in [0.1, 0.15) is 10.4 Å². The SMILES string of the molecule is NC(=O)c1ccccc1NC[C@H](O)[C@@H](O)[C@H](O)[C@H](O)CO. The average molecular weight is 300 g/mol. The van der Waals surface area contributed by atoms with Crippen molar-refractivity contribution in [3.63, 3.8) is 0 Å². The minimum atomic E-state index is -1.70. The second-order valence-corrected chi connectivity index (χ2v) is 4.59. The predicted octanol–water partition coefficient (Wildman–Crippen LogP) is -2.37. The van der Waals surface area contributed by atoms with Crippen molar-refractivity contribution < 1.29 is 30.3 Å². The average Bonchev–Trinajstić information content (AvgIpc) is 2.50. The van der Waals surface area contributed by atoms with Crippen molar-refractivity contribution in [3.05, 3.63) is 29.8 Å². The predicted molar refractivity (Wildman–Crippen MR) is 74.6 cm³/mol. The van der Waals surface area contributed by atoms with E-state index in [1.165, 1.54) is 6.07 Å². The lowest BCUT2D eigenvalue weighted by Crippen LogP contribution is -2.48. The van der Waals surface area contributed by atoms with Gasteiger partial charge in [-0.15, -0.1) is 0 Å². The topological polar surface area (TPSA) is 156 Å². The molecule has 0 heterocycles. The molecule has 1 aromatic carbocycles. The maximum absolute atomic E-state index is 11.2. The highest BCUT2D eigenvalue weighted by atomic mass is 16.4. The second kappa shape index (κ2) is 7.91. The van der Waals surface area contributed by atoms with E-state index in [1.54, 1.807) is 18.2 Å². The molecule has 0 bridgehead atoms. The molecule has 4 atom stereocenters. The maximum atomic E-state index is 11.2. The van der Waals surface area contributed by atoms with Gasteiger partial charge in [-0.05, 0) is 12.1 Å². The van der Waals surface area contributed by atoms with Crippen LogP contribution in [0.15, 0.2) is 24.3 Å². The van der Waals surface area contributed by atoms with Crippen molar-refractivity contribution in [3.8, 4) is 0 Å². The molecule has 1 aromatic rings. The third-order valence-electron chi connectivity index (χ3n) is 3.02. The molecule has 0 aliphatic carbocycles. The lowest BCUT2D eigenvalue weighted by Gasteiger charge is -2.26. The molecule has 0 saturated heterocycles. The zero-order chi connectivity index (χ0) is 16.0. The molecule has 1 rings (SSSR count). The highest BCUT2D eigenvalue weighted by Crippen LogP contribution is 2.15. The molecule has 0 aromatic heterocycles. The molecule has 118 valence electrons. The highest BCUT2D eigenvalue weighted by molar-refractivity contribution is 5.98. The molecule has 0 aliphatic rings. The number of rotatable bonds is 8. The first kappa shape index (κ1) is 17.3. The monoisotopic (exact) mass is 300 g/mol. The van der Waals surface area contributed by atoms with Crippen LogP contribution in [0.2, 0.25) is 0 Å². The van der Waals surface area contributed by atoms with E-state index in [-0.39, 0.29) is 12.1 Å². The first-order valence-electron chi connectivity index (χ1n) is 6.34. The van der Waals surface area contributed by atoms with E-state index in [4.69, 9.17) is 10.8 Å². The van der Waals surface area contributed by atoms with Crippen LogP contribution in [0.3, 0.4) is 0 Å². The molecule has 0 radical (unpaired) electrons. The van der Waals surface area contributed by atoms with Gasteiger partial charge in [-0.3, -0.25) is 4.79 Å². The third kappa shape index (κ3) is 4.66. The number of carbonyl (C=O) groups excluding carboxylic acids is 1. The molecule has 0 aliphatic heterocycles. The number of aliphatic hydroxyl groups excluding tert-OH is 5. The minimum Gasteiger partial charge on any atom is -0.394 e. The molecule has 1 amide bonds. The molecule has 0 fully saturated rings.